The maximum absolute atomic E-state index is 13.7. The normalized spacial score (nSPS) is 12.4. The van der Waals surface area contributed by atoms with Crippen molar-refractivity contribution in [1.82, 2.24) is 14.9 Å². The molecule has 0 bridgehead atoms. The molecule has 2 aromatic rings. The lowest BCUT2D eigenvalue weighted by molar-refractivity contribution is 0.386. The van der Waals surface area contributed by atoms with E-state index in [4.69, 9.17) is 4.74 Å². The fraction of sp³-hybridized carbons (Fsp3) is 0.429. The molecular formula is C14H18FN3OS. The van der Waals surface area contributed by atoms with Gasteiger partial charge in [0.1, 0.15) is 0 Å². The number of aryl methyl sites for hydroxylation is 1. The summed E-state index contributed by atoms with van der Waals surface area (Å²) in [6, 6.07) is 5.15. The van der Waals surface area contributed by atoms with E-state index in [1.807, 2.05) is 13.1 Å². The molecule has 2 rings (SSSR count). The Balaban J connectivity index is 2.20. The average molecular weight is 295 g/mol. The molecule has 1 heterocycles. The first-order valence-electron chi connectivity index (χ1n) is 6.50. The van der Waals surface area contributed by atoms with E-state index < -0.39 is 0 Å². The lowest BCUT2D eigenvalue weighted by Gasteiger charge is -2.15. The highest BCUT2D eigenvalue weighted by atomic mass is 32.1. The molecule has 0 aliphatic heterocycles. The molecule has 20 heavy (non-hydrogen) atoms. The van der Waals surface area contributed by atoms with Crippen molar-refractivity contribution in [3.8, 4) is 5.75 Å². The van der Waals surface area contributed by atoms with Gasteiger partial charge in [-0.05, 0) is 49.1 Å². The summed E-state index contributed by atoms with van der Waals surface area (Å²) < 4.78 is 22.7. The predicted molar refractivity (Wildman–Crippen MR) is 77.7 cm³/mol. The van der Waals surface area contributed by atoms with Crippen LogP contribution in [-0.2, 0) is 12.8 Å². The third-order valence-corrected chi connectivity index (χ3v) is 4.12. The molecule has 0 radical (unpaired) electrons. The molecule has 1 aromatic carbocycles. The topological polar surface area (TPSA) is 47.0 Å². The van der Waals surface area contributed by atoms with Gasteiger partial charge in [-0.1, -0.05) is 17.5 Å². The third-order valence-electron chi connectivity index (χ3n) is 3.24. The number of ether oxygens (including phenoxy) is 1. The standard InChI is InChI=1S/C14H18FN3OS/c1-4-11-14(20-18-17-11)12(16-2)8-9-5-6-13(19-3)10(15)7-9/h5-7,12,16H,4,8H2,1-3H3. The van der Waals surface area contributed by atoms with Crippen molar-refractivity contribution in [3.63, 3.8) is 0 Å². The Morgan fingerprint density at radius 3 is 2.85 bits per heavy atom. The van der Waals surface area contributed by atoms with Crippen LogP contribution < -0.4 is 10.1 Å². The minimum Gasteiger partial charge on any atom is -0.494 e. The number of likely N-dealkylation sites (N-methyl/N-ethyl adjacent to an activating group) is 1. The van der Waals surface area contributed by atoms with Crippen molar-refractivity contribution in [2.24, 2.45) is 0 Å². The fourth-order valence-corrected chi connectivity index (χ4v) is 2.97. The molecule has 0 aliphatic carbocycles. The van der Waals surface area contributed by atoms with E-state index in [0.717, 1.165) is 22.6 Å². The van der Waals surface area contributed by atoms with Crippen LogP contribution in [0.5, 0.6) is 5.75 Å². The van der Waals surface area contributed by atoms with E-state index >= 15 is 0 Å². The molecule has 0 saturated heterocycles. The Kier molecular flexibility index (Phi) is 5.03. The average Bonchev–Trinajstić information content (AvgIpc) is 2.93. The van der Waals surface area contributed by atoms with Crippen LogP contribution in [0.25, 0.3) is 0 Å². The zero-order valence-electron chi connectivity index (χ0n) is 11.8. The van der Waals surface area contributed by atoms with E-state index in [1.165, 1.54) is 24.7 Å². The highest BCUT2D eigenvalue weighted by Crippen LogP contribution is 2.26. The summed E-state index contributed by atoms with van der Waals surface area (Å²) in [6.07, 6.45) is 1.54. The second-order valence-corrected chi connectivity index (χ2v) is 5.24. The van der Waals surface area contributed by atoms with Crippen LogP contribution in [-0.4, -0.2) is 23.7 Å². The first-order chi connectivity index (χ1) is 9.69. The molecule has 1 atom stereocenters. The van der Waals surface area contributed by atoms with Gasteiger partial charge in [0.15, 0.2) is 11.6 Å². The van der Waals surface area contributed by atoms with E-state index in [2.05, 4.69) is 21.8 Å². The number of nitrogens with one attached hydrogen (secondary N) is 1. The number of hydrogen-bond donors (Lipinski definition) is 1. The second kappa shape index (κ2) is 6.76. The van der Waals surface area contributed by atoms with Gasteiger partial charge in [-0.15, -0.1) is 5.10 Å². The number of benzene rings is 1. The molecule has 0 spiro atoms. The van der Waals surface area contributed by atoms with Gasteiger partial charge in [0.2, 0.25) is 0 Å². The first kappa shape index (κ1) is 14.9. The van der Waals surface area contributed by atoms with Crippen molar-refractivity contribution < 1.29 is 9.13 Å². The molecule has 0 aliphatic rings. The molecule has 1 N–H and O–H groups in total. The molecule has 4 nitrogen and oxygen atoms in total. The van der Waals surface area contributed by atoms with Crippen molar-refractivity contribution in [1.29, 1.82) is 0 Å². The van der Waals surface area contributed by atoms with Crippen molar-refractivity contribution >= 4 is 11.5 Å². The van der Waals surface area contributed by atoms with Gasteiger partial charge in [0.25, 0.3) is 0 Å². The van der Waals surface area contributed by atoms with Gasteiger partial charge in [-0.25, -0.2) is 4.39 Å². The number of aromatic nitrogens is 2. The van der Waals surface area contributed by atoms with Gasteiger partial charge in [-0.3, -0.25) is 0 Å². The third kappa shape index (κ3) is 3.13. The summed E-state index contributed by atoms with van der Waals surface area (Å²) in [5, 5.41) is 7.38. The lowest BCUT2D eigenvalue weighted by Crippen LogP contribution is -2.19. The molecule has 6 heteroatoms. The smallest absolute Gasteiger partial charge is 0.165 e. The molecule has 0 amide bonds. The summed E-state index contributed by atoms with van der Waals surface area (Å²) in [4.78, 5) is 1.12. The fourth-order valence-electron chi connectivity index (χ4n) is 2.12. The van der Waals surface area contributed by atoms with Crippen LogP contribution in [0.1, 0.15) is 29.1 Å². The Bertz CT molecular complexity index is 573. The number of nitrogens with zero attached hydrogens (tertiary/aromatic N) is 2. The zero-order chi connectivity index (χ0) is 14.5. The molecule has 0 fully saturated rings. The zero-order valence-corrected chi connectivity index (χ0v) is 12.6. The summed E-state index contributed by atoms with van der Waals surface area (Å²) >= 11 is 1.40. The van der Waals surface area contributed by atoms with Crippen LogP contribution in [0.4, 0.5) is 4.39 Å². The molecule has 108 valence electrons. The quantitative estimate of drug-likeness (QED) is 0.890. The number of rotatable bonds is 6. The van der Waals surface area contributed by atoms with E-state index in [9.17, 15) is 4.39 Å². The number of methoxy groups -OCH3 is 1. The highest BCUT2D eigenvalue weighted by molar-refractivity contribution is 7.05. The van der Waals surface area contributed by atoms with Crippen molar-refractivity contribution in [3.05, 3.63) is 40.2 Å². The maximum Gasteiger partial charge on any atom is 0.165 e. The summed E-state index contributed by atoms with van der Waals surface area (Å²) in [5.41, 5.74) is 1.92. The highest BCUT2D eigenvalue weighted by Gasteiger charge is 2.18. The minimum absolute atomic E-state index is 0.0951. The van der Waals surface area contributed by atoms with Crippen LogP contribution in [0.2, 0.25) is 0 Å². The lowest BCUT2D eigenvalue weighted by atomic mass is 10.0. The Labute approximate surface area is 122 Å². The van der Waals surface area contributed by atoms with E-state index in [-0.39, 0.29) is 17.6 Å². The maximum atomic E-state index is 13.7. The number of halogens is 1. The Hall–Kier alpha value is -1.53. The Morgan fingerprint density at radius 2 is 2.25 bits per heavy atom. The van der Waals surface area contributed by atoms with Gasteiger partial charge in [0.05, 0.1) is 17.7 Å². The number of hydrogen-bond acceptors (Lipinski definition) is 5. The molecule has 0 saturated carbocycles. The van der Waals surface area contributed by atoms with Crippen molar-refractivity contribution in [2.75, 3.05) is 14.2 Å². The molecule has 1 unspecified atom stereocenters. The van der Waals surface area contributed by atoms with Gasteiger partial charge in [0, 0.05) is 6.04 Å². The van der Waals surface area contributed by atoms with Crippen molar-refractivity contribution in [2.45, 2.75) is 25.8 Å². The Morgan fingerprint density at radius 1 is 1.45 bits per heavy atom. The predicted octanol–water partition coefficient (Wildman–Crippen LogP) is 2.75. The minimum atomic E-state index is -0.335. The second-order valence-electron chi connectivity index (χ2n) is 4.45. The van der Waals surface area contributed by atoms with E-state index in [0.29, 0.717) is 6.42 Å². The van der Waals surface area contributed by atoms with Gasteiger partial charge >= 0.3 is 0 Å². The van der Waals surface area contributed by atoms with E-state index in [1.54, 1.807) is 6.07 Å². The molecule has 1 aromatic heterocycles. The monoisotopic (exact) mass is 295 g/mol. The first-order valence-corrected chi connectivity index (χ1v) is 7.27. The SMILES string of the molecule is CCc1nnsc1C(Cc1ccc(OC)c(F)c1)NC. The molecular weight excluding hydrogens is 277 g/mol. The van der Waals surface area contributed by atoms with Gasteiger partial charge < -0.3 is 10.1 Å². The van der Waals surface area contributed by atoms with Crippen LogP contribution in [0.3, 0.4) is 0 Å². The van der Waals surface area contributed by atoms with Crippen LogP contribution in [0, 0.1) is 5.82 Å². The summed E-state index contributed by atoms with van der Waals surface area (Å²) in [5.74, 6) is -0.0681. The van der Waals surface area contributed by atoms with Gasteiger partial charge in [-0.2, -0.15) is 0 Å². The largest absolute Gasteiger partial charge is 0.494 e. The summed E-state index contributed by atoms with van der Waals surface area (Å²) in [6.45, 7) is 2.06. The van der Waals surface area contributed by atoms with Crippen LogP contribution in [0.15, 0.2) is 18.2 Å². The summed E-state index contributed by atoms with van der Waals surface area (Å²) in [7, 11) is 3.36. The van der Waals surface area contributed by atoms with Crippen LogP contribution >= 0.6 is 11.5 Å².